The van der Waals surface area contributed by atoms with Crippen LogP contribution in [0.15, 0.2) is 36.5 Å². The van der Waals surface area contributed by atoms with Gasteiger partial charge >= 0.3 is 0 Å². The van der Waals surface area contributed by atoms with Crippen molar-refractivity contribution in [1.29, 1.82) is 0 Å². The number of aromatic nitrogens is 2. The van der Waals surface area contributed by atoms with Crippen LogP contribution in [0.5, 0.6) is 5.75 Å². The molecule has 0 aliphatic carbocycles. The highest BCUT2D eigenvalue weighted by atomic mass is 16.5. The SMILES string of the molecule is COc1ccc(N(CCCN)C(=O)c2ccn(C)n2)cc1. The van der Waals surface area contributed by atoms with Gasteiger partial charge in [0.2, 0.25) is 0 Å². The van der Waals surface area contributed by atoms with Crippen molar-refractivity contribution in [2.45, 2.75) is 6.42 Å². The molecule has 0 bridgehead atoms. The van der Waals surface area contributed by atoms with Crippen LogP contribution in [0.2, 0.25) is 0 Å². The summed E-state index contributed by atoms with van der Waals surface area (Å²) >= 11 is 0. The molecule has 0 unspecified atom stereocenters. The lowest BCUT2D eigenvalue weighted by Crippen LogP contribution is -2.33. The van der Waals surface area contributed by atoms with Gasteiger partial charge in [-0.3, -0.25) is 9.48 Å². The monoisotopic (exact) mass is 288 g/mol. The lowest BCUT2D eigenvalue weighted by atomic mass is 10.2. The minimum Gasteiger partial charge on any atom is -0.497 e. The van der Waals surface area contributed by atoms with Gasteiger partial charge in [-0.2, -0.15) is 5.10 Å². The number of carbonyl (C=O) groups excluding carboxylic acids is 1. The second-order valence-corrected chi connectivity index (χ2v) is 4.67. The lowest BCUT2D eigenvalue weighted by Gasteiger charge is -2.22. The Kier molecular flexibility index (Phi) is 4.94. The topological polar surface area (TPSA) is 73.4 Å². The Bertz CT molecular complexity index is 592. The molecule has 1 aromatic heterocycles. The first-order valence-electron chi connectivity index (χ1n) is 6.81. The smallest absolute Gasteiger partial charge is 0.278 e. The first kappa shape index (κ1) is 15.1. The standard InChI is InChI=1S/C15H20N4O2/c1-18-11-8-14(17-18)15(20)19(10-3-9-16)12-4-6-13(21-2)7-5-12/h4-8,11H,3,9-10,16H2,1-2H3. The maximum absolute atomic E-state index is 12.6. The van der Waals surface area contributed by atoms with Crippen molar-refractivity contribution in [1.82, 2.24) is 9.78 Å². The highest BCUT2D eigenvalue weighted by Crippen LogP contribution is 2.21. The Labute approximate surface area is 124 Å². The lowest BCUT2D eigenvalue weighted by molar-refractivity contribution is 0.0981. The van der Waals surface area contributed by atoms with Crippen molar-refractivity contribution in [2.24, 2.45) is 12.8 Å². The van der Waals surface area contributed by atoms with E-state index in [4.69, 9.17) is 10.5 Å². The summed E-state index contributed by atoms with van der Waals surface area (Å²) in [5.74, 6) is 0.622. The summed E-state index contributed by atoms with van der Waals surface area (Å²) in [4.78, 5) is 14.3. The third-order valence-corrected chi connectivity index (χ3v) is 3.15. The number of ether oxygens (including phenoxy) is 1. The van der Waals surface area contributed by atoms with E-state index < -0.39 is 0 Å². The Balaban J connectivity index is 2.26. The Morgan fingerprint density at radius 1 is 1.33 bits per heavy atom. The van der Waals surface area contributed by atoms with Crippen LogP contribution in [0.25, 0.3) is 0 Å². The number of hydrogen-bond donors (Lipinski definition) is 1. The molecule has 1 aromatic carbocycles. The number of anilines is 1. The molecule has 2 N–H and O–H groups in total. The van der Waals surface area contributed by atoms with Gasteiger partial charge in [0.05, 0.1) is 7.11 Å². The fraction of sp³-hybridized carbons (Fsp3) is 0.333. The zero-order valence-corrected chi connectivity index (χ0v) is 12.3. The van der Waals surface area contributed by atoms with Crippen molar-refractivity contribution in [3.63, 3.8) is 0 Å². The molecule has 2 rings (SSSR count). The average Bonchev–Trinajstić information content (AvgIpc) is 2.94. The summed E-state index contributed by atoms with van der Waals surface area (Å²) in [6, 6.07) is 9.08. The number of aryl methyl sites for hydroxylation is 1. The molecule has 21 heavy (non-hydrogen) atoms. The maximum Gasteiger partial charge on any atom is 0.278 e. The highest BCUT2D eigenvalue weighted by Gasteiger charge is 2.19. The van der Waals surface area contributed by atoms with E-state index in [0.717, 1.165) is 17.9 Å². The molecule has 0 saturated heterocycles. The zero-order chi connectivity index (χ0) is 15.2. The molecule has 6 nitrogen and oxygen atoms in total. The van der Waals surface area contributed by atoms with Crippen molar-refractivity contribution < 1.29 is 9.53 Å². The molecule has 0 atom stereocenters. The van der Waals surface area contributed by atoms with Crippen molar-refractivity contribution in [3.8, 4) is 5.75 Å². The normalized spacial score (nSPS) is 10.4. The average molecular weight is 288 g/mol. The predicted molar refractivity (Wildman–Crippen MR) is 81.5 cm³/mol. The summed E-state index contributed by atoms with van der Waals surface area (Å²) < 4.78 is 6.75. The number of methoxy groups -OCH3 is 1. The molecule has 0 aliphatic rings. The number of nitrogens with zero attached hydrogens (tertiary/aromatic N) is 3. The predicted octanol–water partition coefficient (Wildman–Crippen LogP) is 1.42. The van der Waals surface area contributed by atoms with E-state index in [1.807, 2.05) is 24.3 Å². The summed E-state index contributed by atoms with van der Waals surface area (Å²) in [7, 11) is 3.40. The van der Waals surface area contributed by atoms with Crippen LogP contribution in [-0.4, -0.2) is 35.9 Å². The fourth-order valence-electron chi connectivity index (χ4n) is 2.03. The number of hydrogen-bond acceptors (Lipinski definition) is 4. The molecule has 1 amide bonds. The van der Waals surface area contributed by atoms with Gasteiger partial charge in [0.25, 0.3) is 5.91 Å². The molecule has 0 saturated carbocycles. The fourth-order valence-corrected chi connectivity index (χ4v) is 2.03. The Morgan fingerprint density at radius 3 is 2.57 bits per heavy atom. The quantitative estimate of drug-likeness (QED) is 0.872. The Morgan fingerprint density at radius 2 is 2.05 bits per heavy atom. The van der Waals surface area contributed by atoms with Gasteiger partial charge < -0.3 is 15.4 Å². The van der Waals surface area contributed by atoms with Crippen LogP contribution in [0.4, 0.5) is 5.69 Å². The molecule has 112 valence electrons. The van der Waals surface area contributed by atoms with Crippen LogP contribution in [0.1, 0.15) is 16.9 Å². The molecule has 0 aliphatic heterocycles. The van der Waals surface area contributed by atoms with Crippen molar-refractivity contribution >= 4 is 11.6 Å². The minimum absolute atomic E-state index is 0.130. The van der Waals surface area contributed by atoms with E-state index in [-0.39, 0.29) is 5.91 Å². The van der Waals surface area contributed by atoms with Gasteiger partial charge in [-0.15, -0.1) is 0 Å². The molecular formula is C15H20N4O2. The largest absolute Gasteiger partial charge is 0.497 e. The number of rotatable bonds is 6. The van der Waals surface area contributed by atoms with Gasteiger partial charge in [-0.05, 0) is 43.3 Å². The zero-order valence-electron chi connectivity index (χ0n) is 12.3. The number of amides is 1. The molecule has 6 heteroatoms. The van der Waals surface area contributed by atoms with E-state index in [1.54, 1.807) is 36.0 Å². The molecule has 0 radical (unpaired) electrons. The van der Waals surface area contributed by atoms with E-state index >= 15 is 0 Å². The molecule has 2 aromatic rings. The van der Waals surface area contributed by atoms with Crippen molar-refractivity contribution in [3.05, 3.63) is 42.2 Å². The van der Waals surface area contributed by atoms with Gasteiger partial charge in [-0.1, -0.05) is 0 Å². The van der Waals surface area contributed by atoms with Crippen LogP contribution in [-0.2, 0) is 7.05 Å². The first-order valence-corrected chi connectivity index (χ1v) is 6.81. The minimum atomic E-state index is -0.130. The van der Waals surface area contributed by atoms with Gasteiger partial charge in [0, 0.05) is 25.5 Å². The van der Waals surface area contributed by atoms with Crippen LogP contribution in [0, 0.1) is 0 Å². The van der Waals surface area contributed by atoms with Crippen molar-refractivity contribution in [2.75, 3.05) is 25.1 Å². The van der Waals surface area contributed by atoms with Gasteiger partial charge in [0.15, 0.2) is 5.69 Å². The maximum atomic E-state index is 12.6. The summed E-state index contributed by atoms with van der Waals surface area (Å²) in [5.41, 5.74) is 6.79. The van der Waals surface area contributed by atoms with Crippen LogP contribution < -0.4 is 15.4 Å². The first-order chi connectivity index (χ1) is 10.2. The van der Waals surface area contributed by atoms with E-state index in [0.29, 0.717) is 18.8 Å². The second kappa shape index (κ2) is 6.90. The Hall–Kier alpha value is -2.34. The number of carbonyl (C=O) groups is 1. The van der Waals surface area contributed by atoms with E-state index in [9.17, 15) is 4.79 Å². The third-order valence-electron chi connectivity index (χ3n) is 3.15. The summed E-state index contributed by atoms with van der Waals surface area (Å²) in [6.45, 7) is 1.08. The van der Waals surface area contributed by atoms with Gasteiger partial charge in [0.1, 0.15) is 5.75 Å². The van der Waals surface area contributed by atoms with Crippen LogP contribution >= 0.6 is 0 Å². The van der Waals surface area contributed by atoms with Crippen LogP contribution in [0.3, 0.4) is 0 Å². The number of benzene rings is 1. The van der Waals surface area contributed by atoms with E-state index in [2.05, 4.69) is 5.10 Å². The summed E-state index contributed by atoms with van der Waals surface area (Å²) in [5, 5.41) is 4.17. The molecule has 0 fully saturated rings. The summed E-state index contributed by atoms with van der Waals surface area (Å²) in [6.07, 6.45) is 2.48. The molecule has 0 spiro atoms. The molecular weight excluding hydrogens is 268 g/mol. The van der Waals surface area contributed by atoms with E-state index in [1.165, 1.54) is 0 Å². The highest BCUT2D eigenvalue weighted by molar-refractivity contribution is 6.04. The third kappa shape index (κ3) is 3.61. The number of nitrogens with two attached hydrogens (primary N) is 1. The van der Waals surface area contributed by atoms with Gasteiger partial charge in [-0.25, -0.2) is 0 Å². The second-order valence-electron chi connectivity index (χ2n) is 4.67. The molecule has 1 heterocycles.